The minimum Gasteiger partial charge on any atom is -1.00 e. The van der Waals surface area contributed by atoms with Gasteiger partial charge in [0, 0.05) is 0 Å². The molecule has 0 spiro atoms. The van der Waals surface area contributed by atoms with Crippen molar-refractivity contribution in [3.05, 3.63) is 0 Å². The number of hydrogen-bond acceptors (Lipinski definition) is 0. The van der Waals surface area contributed by atoms with Crippen LogP contribution in [0.2, 0.25) is 0 Å². The molecule has 4 heteroatoms. The van der Waals surface area contributed by atoms with E-state index >= 15 is 0 Å². The van der Waals surface area contributed by atoms with E-state index in [2.05, 4.69) is 0 Å². The molecule has 0 saturated carbocycles. The minimum atomic E-state index is 0. The van der Waals surface area contributed by atoms with Crippen LogP contribution in [-0.4, -0.2) is 51.4 Å². The fourth-order valence-corrected chi connectivity index (χ4v) is 0. The molecule has 0 aromatic rings. The standard InChI is InChI=1S/Al.Mg.2H2O.4H/h;;2*1H2;;;;/q;+2;;;;;2*-1. The van der Waals surface area contributed by atoms with Gasteiger partial charge in [-0.05, 0) is 0 Å². The summed E-state index contributed by atoms with van der Waals surface area (Å²) >= 11 is 0. The molecule has 0 unspecified atom stereocenters. The molecular formula is H8AlMgO2. The summed E-state index contributed by atoms with van der Waals surface area (Å²) < 4.78 is 0. The van der Waals surface area contributed by atoms with Crippen LogP contribution in [0.4, 0.5) is 0 Å². The maximum atomic E-state index is 0. The fourth-order valence-electron chi connectivity index (χ4n) is 0. The predicted molar refractivity (Wildman–Crippen MR) is 23.7 cm³/mol. The van der Waals surface area contributed by atoms with Crippen LogP contribution >= 0.6 is 0 Å². The Morgan fingerprint density at radius 2 is 1.00 bits per heavy atom. The van der Waals surface area contributed by atoms with Crippen molar-refractivity contribution in [2.75, 3.05) is 0 Å². The third-order valence-electron chi connectivity index (χ3n) is 0. The quantitative estimate of drug-likeness (QED) is 0.291. The summed E-state index contributed by atoms with van der Waals surface area (Å²) in [5.41, 5.74) is 0. The van der Waals surface area contributed by atoms with Crippen LogP contribution in [0, 0.1) is 0 Å². The van der Waals surface area contributed by atoms with Gasteiger partial charge in [0.1, 0.15) is 17.4 Å². The molecule has 4 heavy (non-hydrogen) atoms. The van der Waals surface area contributed by atoms with Crippen molar-refractivity contribution in [1.82, 2.24) is 0 Å². The Morgan fingerprint density at radius 3 is 1.00 bits per heavy atom. The summed E-state index contributed by atoms with van der Waals surface area (Å²) in [6.45, 7) is 0. The first kappa shape index (κ1) is 62.5. The molecule has 0 aliphatic carbocycles. The van der Waals surface area contributed by atoms with Crippen LogP contribution in [0.3, 0.4) is 0 Å². The van der Waals surface area contributed by atoms with Crippen LogP contribution in [0.5, 0.6) is 0 Å². The van der Waals surface area contributed by atoms with Crippen molar-refractivity contribution < 1.29 is 13.8 Å². The van der Waals surface area contributed by atoms with Gasteiger partial charge in [-0.1, -0.05) is 0 Å². The molecule has 0 atom stereocenters. The third kappa shape index (κ3) is 10.7. The summed E-state index contributed by atoms with van der Waals surface area (Å²) in [7, 11) is 0. The molecule has 1 radical (unpaired) electrons. The van der Waals surface area contributed by atoms with Crippen molar-refractivity contribution in [2.45, 2.75) is 0 Å². The van der Waals surface area contributed by atoms with Gasteiger partial charge >= 0.3 is 23.1 Å². The average Bonchev–Trinajstić information content (AvgIpc) is 0. The molecule has 4 N–H and O–H groups in total. The van der Waals surface area contributed by atoms with E-state index < -0.39 is 0 Å². The van der Waals surface area contributed by atoms with Gasteiger partial charge in [-0.15, -0.1) is 0 Å². The van der Waals surface area contributed by atoms with Gasteiger partial charge in [0.2, 0.25) is 0 Å². The van der Waals surface area contributed by atoms with Gasteiger partial charge in [-0.3, -0.25) is 0 Å². The monoisotopic (exact) mass is 91.0 g/mol. The molecule has 0 amide bonds. The van der Waals surface area contributed by atoms with E-state index in [4.69, 9.17) is 0 Å². The van der Waals surface area contributed by atoms with Crippen LogP contribution in [-0.2, 0) is 0 Å². The molecule has 25 valence electrons. The molecule has 2 nitrogen and oxygen atoms in total. The van der Waals surface area contributed by atoms with Crippen LogP contribution < -0.4 is 0 Å². The molecular weight excluding hydrogens is 83.3 g/mol. The molecule has 0 aromatic heterocycles. The summed E-state index contributed by atoms with van der Waals surface area (Å²) in [5, 5.41) is 0. The fraction of sp³-hybridized carbons (Fsp3) is 0. The summed E-state index contributed by atoms with van der Waals surface area (Å²) in [4.78, 5) is 0. The Morgan fingerprint density at radius 1 is 1.00 bits per heavy atom. The van der Waals surface area contributed by atoms with Crippen molar-refractivity contribution in [1.29, 1.82) is 0 Å². The van der Waals surface area contributed by atoms with E-state index in [1.165, 1.54) is 0 Å². The van der Waals surface area contributed by atoms with E-state index in [-0.39, 0.29) is 54.2 Å². The third-order valence-corrected chi connectivity index (χ3v) is 0. The van der Waals surface area contributed by atoms with Gasteiger partial charge < -0.3 is 13.8 Å². The number of hydrogen-bond donors (Lipinski definition) is 0. The van der Waals surface area contributed by atoms with Crippen LogP contribution in [0.25, 0.3) is 0 Å². The summed E-state index contributed by atoms with van der Waals surface area (Å²) in [5.74, 6) is 0. The second-order valence-corrected chi connectivity index (χ2v) is 0. The minimum absolute atomic E-state index is 0. The predicted octanol–water partition coefficient (Wildman–Crippen LogP) is -2.72. The Balaban J connectivity index is 0. The first-order valence-electron chi connectivity index (χ1n) is 0. The summed E-state index contributed by atoms with van der Waals surface area (Å²) in [6, 6.07) is 0. The molecule has 0 fully saturated rings. The molecule has 0 bridgehead atoms. The smallest absolute Gasteiger partial charge is 1.00 e. The van der Waals surface area contributed by atoms with Gasteiger partial charge in [0.05, 0.1) is 0 Å². The maximum absolute atomic E-state index is 0. The zero-order valence-corrected chi connectivity index (χ0v) is 6.12. The van der Waals surface area contributed by atoms with Crippen molar-refractivity contribution in [3.63, 3.8) is 0 Å². The summed E-state index contributed by atoms with van der Waals surface area (Å²) in [6.07, 6.45) is 0. The van der Waals surface area contributed by atoms with Gasteiger partial charge in [-0.2, -0.15) is 0 Å². The second kappa shape index (κ2) is 29.4. The normalized spacial score (nSPS) is 0. The Kier molecular flexibility index (Phi) is 460. The van der Waals surface area contributed by atoms with Crippen molar-refractivity contribution in [2.24, 2.45) is 0 Å². The zero-order valence-electron chi connectivity index (χ0n) is 4.71. The Bertz CT molecular complexity index is 11.5. The van der Waals surface area contributed by atoms with Gasteiger partial charge in [-0.25, -0.2) is 0 Å². The first-order chi connectivity index (χ1) is 0. The van der Waals surface area contributed by atoms with E-state index in [1.54, 1.807) is 0 Å². The molecule has 0 aliphatic heterocycles. The van der Waals surface area contributed by atoms with Crippen LogP contribution in [0.1, 0.15) is 2.85 Å². The van der Waals surface area contributed by atoms with Crippen molar-refractivity contribution >= 4 is 40.4 Å². The van der Waals surface area contributed by atoms with Crippen molar-refractivity contribution in [3.8, 4) is 0 Å². The van der Waals surface area contributed by atoms with Gasteiger partial charge in [0.25, 0.3) is 0 Å². The molecule has 0 aromatic carbocycles. The molecule has 0 rings (SSSR count). The van der Waals surface area contributed by atoms with Gasteiger partial charge in [0.15, 0.2) is 0 Å². The van der Waals surface area contributed by atoms with E-state index in [0.717, 1.165) is 0 Å². The Hall–Kier alpha value is 1.22. The van der Waals surface area contributed by atoms with Crippen LogP contribution in [0.15, 0.2) is 0 Å². The largest absolute Gasteiger partial charge is 2.00 e. The van der Waals surface area contributed by atoms with E-state index in [9.17, 15) is 0 Å². The second-order valence-electron chi connectivity index (χ2n) is 0. The zero-order chi connectivity index (χ0) is 0. The molecule has 0 saturated heterocycles. The molecule has 0 aliphatic rings. The average molecular weight is 91.3 g/mol. The first-order valence-corrected chi connectivity index (χ1v) is 0. The molecule has 0 heterocycles. The van der Waals surface area contributed by atoms with E-state index in [1.807, 2.05) is 0 Å². The van der Waals surface area contributed by atoms with E-state index in [0.29, 0.717) is 0 Å². The Labute approximate surface area is 54.4 Å². The SMILES string of the molecule is O.O.[AlH2].[H-].[H-].[Mg+2]. The maximum Gasteiger partial charge on any atom is 2.00 e. The topological polar surface area (TPSA) is 63.0 Å². The number of rotatable bonds is 0.